The van der Waals surface area contributed by atoms with Gasteiger partial charge in [-0.2, -0.15) is 0 Å². The Morgan fingerprint density at radius 3 is 1.23 bits per heavy atom. The normalized spacial score (nSPS) is 15.1. The molecule has 0 atom stereocenters. The molecule has 0 amide bonds. The minimum atomic E-state index is -0.851. The lowest BCUT2D eigenvalue weighted by molar-refractivity contribution is -0.140. The van der Waals surface area contributed by atoms with Crippen molar-refractivity contribution < 1.29 is 29.6 Å². The number of aromatic nitrogens is 2. The van der Waals surface area contributed by atoms with E-state index in [1.807, 2.05) is 18.3 Å². The Morgan fingerprint density at radius 1 is 0.521 bits per heavy atom. The smallest absolute Gasteiger partial charge is 0.310 e. The monoisotopic (exact) mass is 985 g/mol. The standard InChI is InChI=1S/C33H41NO3.C32H39NO3/c1-5-33(6-2,30-14-9-26(24(3)19-30)15-18-32(36)16-7-8-17-32)29-12-10-27(11-13-29)28-20-25(22-34-23-28)21-31(35)37-4;1-4-32(5-2,29-13-8-25(23(3)18-29)14-17-31(36)15-6-7-16-31)28-11-9-26(10-12-28)27-19-24(20-30(34)35)21-33-22-27/h9-14,19-20,22-23,36H,5-8,15-18,21H2,1-4H3;8-13,18-19,21-22,36H,4-7,14-17,20H2,1-3H3,(H,34,35). The number of carbonyl (C=O) groups is 2. The molecule has 0 bridgehead atoms. The minimum absolute atomic E-state index is 0.0255. The van der Waals surface area contributed by atoms with E-state index < -0.39 is 17.2 Å². The summed E-state index contributed by atoms with van der Waals surface area (Å²) in [4.78, 5) is 31.4. The number of aryl methyl sites for hydroxylation is 4. The van der Waals surface area contributed by atoms with Gasteiger partial charge in [0.1, 0.15) is 0 Å². The van der Waals surface area contributed by atoms with E-state index in [-0.39, 0.29) is 29.6 Å². The number of carbonyl (C=O) groups excluding carboxylic acids is 1. The molecule has 0 saturated heterocycles. The highest BCUT2D eigenvalue weighted by Gasteiger charge is 2.35. The zero-order chi connectivity index (χ0) is 52.2. The van der Waals surface area contributed by atoms with Gasteiger partial charge in [0.2, 0.25) is 0 Å². The summed E-state index contributed by atoms with van der Waals surface area (Å²) in [6, 6.07) is 35.3. The second kappa shape index (κ2) is 24.4. The van der Waals surface area contributed by atoms with Crippen molar-refractivity contribution in [3.63, 3.8) is 0 Å². The third kappa shape index (κ3) is 13.1. The molecule has 0 unspecified atom stereocenters. The fourth-order valence-electron chi connectivity index (χ4n) is 12.2. The summed E-state index contributed by atoms with van der Waals surface area (Å²) in [5, 5.41) is 30.7. The fourth-order valence-corrected chi connectivity index (χ4v) is 12.2. The number of hydrogen-bond donors (Lipinski definition) is 3. The molecule has 2 aliphatic carbocycles. The van der Waals surface area contributed by atoms with Crippen molar-refractivity contribution >= 4 is 11.9 Å². The number of benzene rings is 4. The van der Waals surface area contributed by atoms with Crippen LogP contribution in [-0.4, -0.2) is 55.5 Å². The van der Waals surface area contributed by atoms with Crippen LogP contribution in [0.4, 0.5) is 0 Å². The summed E-state index contributed by atoms with van der Waals surface area (Å²) in [5.74, 6) is -1.11. The zero-order valence-electron chi connectivity index (χ0n) is 44.7. The summed E-state index contributed by atoms with van der Waals surface area (Å²) in [7, 11) is 1.40. The summed E-state index contributed by atoms with van der Waals surface area (Å²) in [6.45, 7) is 13.5. The second-order valence-corrected chi connectivity index (χ2v) is 21.4. The lowest BCUT2D eigenvalue weighted by atomic mass is 9.70. The van der Waals surface area contributed by atoms with Gasteiger partial charge < -0.3 is 20.1 Å². The van der Waals surface area contributed by atoms with Gasteiger partial charge in [0.15, 0.2) is 0 Å². The first kappa shape index (κ1) is 54.8. The van der Waals surface area contributed by atoms with Gasteiger partial charge in [-0.25, -0.2) is 0 Å². The molecule has 2 saturated carbocycles. The van der Waals surface area contributed by atoms with Crippen LogP contribution in [0.15, 0.2) is 122 Å². The number of carboxylic acid groups (broad SMARTS) is 1. The van der Waals surface area contributed by atoms with Crippen LogP contribution in [0.2, 0.25) is 0 Å². The van der Waals surface area contributed by atoms with E-state index in [1.54, 1.807) is 18.6 Å². The first-order valence-corrected chi connectivity index (χ1v) is 27.1. The molecule has 8 rings (SSSR count). The summed E-state index contributed by atoms with van der Waals surface area (Å²) < 4.78 is 4.80. The van der Waals surface area contributed by atoms with Gasteiger partial charge in [-0.3, -0.25) is 19.6 Å². The molecule has 4 aromatic carbocycles. The van der Waals surface area contributed by atoms with E-state index in [0.717, 1.165) is 131 Å². The van der Waals surface area contributed by atoms with Crippen molar-refractivity contribution in [1.29, 1.82) is 0 Å². The molecular formula is C65H80N2O6. The van der Waals surface area contributed by atoms with Crippen LogP contribution in [-0.2, 0) is 50.8 Å². The van der Waals surface area contributed by atoms with Crippen LogP contribution in [0.25, 0.3) is 22.3 Å². The first-order chi connectivity index (χ1) is 35.1. The number of esters is 1. The molecule has 2 fully saturated rings. The largest absolute Gasteiger partial charge is 0.481 e. The van der Waals surface area contributed by atoms with Crippen molar-refractivity contribution in [1.82, 2.24) is 9.97 Å². The van der Waals surface area contributed by atoms with Crippen molar-refractivity contribution in [2.45, 2.75) is 179 Å². The lowest BCUT2D eigenvalue weighted by Gasteiger charge is -2.34. The van der Waals surface area contributed by atoms with Crippen LogP contribution >= 0.6 is 0 Å². The molecule has 0 radical (unpaired) electrons. The summed E-state index contributed by atoms with van der Waals surface area (Å²) in [6.07, 6.45) is 23.1. The number of pyridine rings is 2. The number of nitrogens with zero attached hydrogens (tertiary/aromatic N) is 2. The van der Waals surface area contributed by atoms with Crippen LogP contribution in [0.1, 0.15) is 173 Å². The molecule has 2 aromatic heterocycles. The predicted molar refractivity (Wildman–Crippen MR) is 295 cm³/mol. The molecule has 386 valence electrons. The number of ether oxygens (including phenoxy) is 1. The number of aliphatic carboxylic acids is 1. The maximum Gasteiger partial charge on any atom is 0.310 e. The Labute approximate surface area is 435 Å². The van der Waals surface area contributed by atoms with Crippen LogP contribution < -0.4 is 0 Å². The van der Waals surface area contributed by atoms with E-state index in [1.165, 1.54) is 51.6 Å². The van der Waals surface area contributed by atoms with Crippen molar-refractivity contribution in [2.75, 3.05) is 7.11 Å². The van der Waals surface area contributed by atoms with Crippen molar-refractivity contribution in [2.24, 2.45) is 0 Å². The maximum absolute atomic E-state index is 11.7. The summed E-state index contributed by atoms with van der Waals surface area (Å²) >= 11 is 0. The second-order valence-electron chi connectivity index (χ2n) is 21.4. The minimum Gasteiger partial charge on any atom is -0.481 e. The first-order valence-electron chi connectivity index (χ1n) is 27.1. The Morgan fingerprint density at radius 2 is 0.890 bits per heavy atom. The molecule has 3 N–H and O–H groups in total. The maximum atomic E-state index is 11.7. The van der Waals surface area contributed by atoms with Gasteiger partial charge in [-0.15, -0.1) is 0 Å². The quantitative estimate of drug-likeness (QED) is 0.0645. The van der Waals surface area contributed by atoms with Crippen molar-refractivity contribution in [3.05, 3.63) is 177 Å². The van der Waals surface area contributed by atoms with Crippen LogP contribution in [0.5, 0.6) is 0 Å². The van der Waals surface area contributed by atoms with E-state index >= 15 is 0 Å². The Balaban J connectivity index is 0.000000214. The molecule has 2 heterocycles. The lowest BCUT2D eigenvalue weighted by Crippen LogP contribution is -2.26. The molecule has 2 aliphatic rings. The van der Waals surface area contributed by atoms with E-state index in [0.29, 0.717) is 5.56 Å². The van der Waals surface area contributed by atoms with E-state index in [2.05, 4.69) is 136 Å². The average molecular weight is 985 g/mol. The highest BCUT2D eigenvalue weighted by atomic mass is 16.5. The third-order valence-electron chi connectivity index (χ3n) is 17.1. The fraction of sp³-hybridized carbons (Fsp3) is 0.446. The number of rotatable bonds is 20. The molecule has 0 aliphatic heterocycles. The number of carboxylic acids is 1. The van der Waals surface area contributed by atoms with Gasteiger partial charge in [0, 0.05) is 46.7 Å². The van der Waals surface area contributed by atoms with Gasteiger partial charge in [0.25, 0.3) is 0 Å². The van der Waals surface area contributed by atoms with E-state index in [4.69, 9.17) is 9.84 Å². The molecule has 73 heavy (non-hydrogen) atoms. The van der Waals surface area contributed by atoms with Gasteiger partial charge in [0.05, 0.1) is 31.2 Å². The Hall–Kier alpha value is -5.96. The number of aliphatic hydroxyl groups is 2. The average Bonchev–Trinajstić information content (AvgIpc) is 4.05. The summed E-state index contributed by atoms with van der Waals surface area (Å²) in [5.41, 5.74) is 15.1. The molecule has 8 heteroatoms. The zero-order valence-corrected chi connectivity index (χ0v) is 44.7. The molecule has 8 nitrogen and oxygen atoms in total. The molecule has 0 spiro atoms. The van der Waals surface area contributed by atoms with E-state index in [9.17, 15) is 19.8 Å². The molecular weight excluding hydrogens is 905 g/mol. The Kier molecular flexibility index (Phi) is 18.3. The molecule has 6 aromatic rings. The van der Waals surface area contributed by atoms with Gasteiger partial charge in [-0.1, -0.05) is 138 Å². The topological polar surface area (TPSA) is 130 Å². The van der Waals surface area contributed by atoms with Crippen LogP contribution in [0, 0.1) is 13.8 Å². The number of hydrogen-bond acceptors (Lipinski definition) is 7. The predicted octanol–water partition coefficient (Wildman–Crippen LogP) is 14.1. The van der Waals surface area contributed by atoms with Gasteiger partial charge in [-0.05, 0) is 170 Å². The van der Waals surface area contributed by atoms with Gasteiger partial charge >= 0.3 is 11.9 Å². The third-order valence-corrected chi connectivity index (χ3v) is 17.1. The highest BCUT2D eigenvalue weighted by Crippen LogP contribution is 2.43. The SMILES string of the molecule is CCC(CC)(c1ccc(-c2cncc(CC(=O)O)c2)cc1)c1ccc(CCC2(O)CCCC2)c(C)c1.CCC(CC)(c1ccc(-c2cncc(CC(=O)OC)c2)cc1)c1ccc(CCC2(O)CCCC2)c(C)c1. The van der Waals surface area contributed by atoms with Crippen LogP contribution in [0.3, 0.4) is 0 Å². The highest BCUT2D eigenvalue weighted by molar-refractivity contribution is 5.74. The number of methoxy groups -OCH3 is 1. The van der Waals surface area contributed by atoms with Crippen molar-refractivity contribution in [3.8, 4) is 22.3 Å². The Bertz CT molecular complexity index is 2780.